The molecule has 152 valence electrons. The average molecular weight is 444 g/mol. The van der Waals surface area contributed by atoms with E-state index < -0.39 is 10.0 Å². The molecule has 1 saturated heterocycles. The maximum Gasteiger partial charge on any atom is 0.244 e. The number of nitrogens with zero attached hydrogens (tertiary/aromatic N) is 5. The number of aromatic nitrogens is 2. The van der Waals surface area contributed by atoms with Gasteiger partial charge in [-0.1, -0.05) is 23.2 Å². The van der Waals surface area contributed by atoms with E-state index in [1.807, 2.05) is 17.0 Å². The molecule has 0 atom stereocenters. The highest BCUT2D eigenvalue weighted by molar-refractivity contribution is 7.89. The van der Waals surface area contributed by atoms with E-state index >= 15 is 0 Å². The van der Waals surface area contributed by atoms with Crippen LogP contribution < -0.4 is 9.80 Å². The van der Waals surface area contributed by atoms with Gasteiger partial charge >= 0.3 is 0 Å². The van der Waals surface area contributed by atoms with Crippen LogP contribution >= 0.6 is 23.2 Å². The molecule has 2 heterocycles. The van der Waals surface area contributed by atoms with Crippen molar-refractivity contribution < 1.29 is 8.42 Å². The molecule has 28 heavy (non-hydrogen) atoms. The number of anilines is 2. The first kappa shape index (κ1) is 21.1. The Kier molecular flexibility index (Phi) is 6.65. The SMILES string of the molecule is CCN(CC)c1ccc(N2CCN(S(=O)(=O)c3cc(Cl)ccc3Cl)CC2)nn1. The van der Waals surface area contributed by atoms with E-state index in [-0.39, 0.29) is 9.92 Å². The van der Waals surface area contributed by atoms with Crippen LogP contribution in [0.5, 0.6) is 0 Å². The molecule has 0 amide bonds. The fraction of sp³-hybridized carbons (Fsp3) is 0.444. The molecule has 0 saturated carbocycles. The Bertz CT molecular complexity index is 912. The standard InChI is InChI=1S/C18H23Cl2N5O2S/c1-3-23(4-2)17-7-8-18(22-21-17)24-9-11-25(12-10-24)28(26,27)16-13-14(19)5-6-15(16)20/h5-8,13H,3-4,9-12H2,1-2H3. The monoisotopic (exact) mass is 443 g/mol. The second kappa shape index (κ2) is 8.82. The van der Waals surface area contributed by atoms with E-state index in [1.54, 1.807) is 6.07 Å². The van der Waals surface area contributed by atoms with E-state index in [1.165, 1.54) is 16.4 Å². The van der Waals surface area contributed by atoms with Crippen molar-refractivity contribution in [1.29, 1.82) is 0 Å². The van der Waals surface area contributed by atoms with Gasteiger partial charge in [0.1, 0.15) is 4.90 Å². The number of rotatable bonds is 6. The van der Waals surface area contributed by atoms with Crippen molar-refractivity contribution in [2.75, 3.05) is 49.1 Å². The summed E-state index contributed by atoms with van der Waals surface area (Å²) in [7, 11) is -3.70. The zero-order valence-corrected chi connectivity index (χ0v) is 18.2. The van der Waals surface area contributed by atoms with Crippen LogP contribution in [0, 0.1) is 0 Å². The Balaban J connectivity index is 1.69. The molecule has 0 unspecified atom stereocenters. The van der Waals surface area contributed by atoms with E-state index in [4.69, 9.17) is 23.2 Å². The van der Waals surface area contributed by atoms with Gasteiger partial charge in [-0.2, -0.15) is 4.31 Å². The van der Waals surface area contributed by atoms with Gasteiger partial charge in [-0.25, -0.2) is 8.42 Å². The third-order valence-corrected chi connectivity index (χ3v) is 7.41. The molecular formula is C18H23Cl2N5O2S. The molecule has 0 spiro atoms. The molecular weight excluding hydrogens is 421 g/mol. The maximum atomic E-state index is 12.9. The fourth-order valence-corrected chi connectivity index (χ4v) is 5.33. The van der Waals surface area contributed by atoms with Crippen LogP contribution in [0.3, 0.4) is 0 Å². The summed E-state index contributed by atoms with van der Waals surface area (Å²) in [5.41, 5.74) is 0. The molecule has 1 aliphatic heterocycles. The molecule has 7 nitrogen and oxygen atoms in total. The van der Waals surface area contributed by atoms with Crippen LogP contribution in [-0.2, 0) is 10.0 Å². The predicted molar refractivity (Wildman–Crippen MR) is 113 cm³/mol. The summed E-state index contributed by atoms with van der Waals surface area (Å²) in [4.78, 5) is 4.19. The Morgan fingerprint density at radius 2 is 1.68 bits per heavy atom. The molecule has 1 aliphatic rings. The van der Waals surface area contributed by atoms with Gasteiger partial charge in [0.2, 0.25) is 10.0 Å². The second-order valence-electron chi connectivity index (χ2n) is 6.39. The highest BCUT2D eigenvalue weighted by Gasteiger charge is 2.30. The zero-order chi connectivity index (χ0) is 20.3. The molecule has 2 aromatic rings. The topological polar surface area (TPSA) is 69.6 Å². The highest BCUT2D eigenvalue weighted by Crippen LogP contribution is 2.28. The minimum atomic E-state index is -3.70. The van der Waals surface area contributed by atoms with Crippen LogP contribution in [0.1, 0.15) is 13.8 Å². The molecule has 10 heteroatoms. The van der Waals surface area contributed by atoms with Crippen molar-refractivity contribution in [3.05, 3.63) is 40.4 Å². The fourth-order valence-electron chi connectivity index (χ4n) is 3.17. The summed E-state index contributed by atoms with van der Waals surface area (Å²) < 4.78 is 27.3. The van der Waals surface area contributed by atoms with Gasteiger partial charge in [0, 0.05) is 44.3 Å². The number of halogens is 2. The first-order valence-corrected chi connectivity index (χ1v) is 11.3. The molecule has 0 N–H and O–H groups in total. The highest BCUT2D eigenvalue weighted by atomic mass is 35.5. The van der Waals surface area contributed by atoms with Gasteiger partial charge in [-0.05, 0) is 44.2 Å². The smallest absolute Gasteiger partial charge is 0.244 e. The van der Waals surface area contributed by atoms with Crippen LogP contribution in [0.4, 0.5) is 11.6 Å². The van der Waals surface area contributed by atoms with Gasteiger partial charge in [-0.3, -0.25) is 0 Å². The van der Waals surface area contributed by atoms with E-state index in [0.717, 1.165) is 24.7 Å². The number of hydrogen-bond acceptors (Lipinski definition) is 6. The lowest BCUT2D eigenvalue weighted by atomic mass is 10.3. The van der Waals surface area contributed by atoms with Crippen molar-refractivity contribution in [3.8, 4) is 0 Å². The lowest BCUT2D eigenvalue weighted by Gasteiger charge is -2.34. The number of sulfonamides is 1. The van der Waals surface area contributed by atoms with Crippen molar-refractivity contribution in [2.24, 2.45) is 0 Å². The van der Waals surface area contributed by atoms with Crippen molar-refractivity contribution in [1.82, 2.24) is 14.5 Å². The molecule has 1 aromatic carbocycles. The van der Waals surface area contributed by atoms with Crippen molar-refractivity contribution in [3.63, 3.8) is 0 Å². The Hall–Kier alpha value is -1.61. The average Bonchev–Trinajstić information content (AvgIpc) is 2.71. The quantitative estimate of drug-likeness (QED) is 0.682. The van der Waals surface area contributed by atoms with E-state index in [0.29, 0.717) is 31.2 Å². The van der Waals surface area contributed by atoms with Gasteiger partial charge in [0.05, 0.1) is 5.02 Å². The minimum absolute atomic E-state index is 0.0403. The lowest BCUT2D eigenvalue weighted by Crippen LogP contribution is -2.49. The van der Waals surface area contributed by atoms with Crippen LogP contribution in [0.2, 0.25) is 10.0 Å². The minimum Gasteiger partial charge on any atom is -0.356 e. The van der Waals surface area contributed by atoms with Crippen LogP contribution in [-0.4, -0.2) is 62.2 Å². The van der Waals surface area contributed by atoms with Crippen LogP contribution in [0.25, 0.3) is 0 Å². The molecule has 3 rings (SSSR count). The summed E-state index contributed by atoms with van der Waals surface area (Å²) >= 11 is 12.0. The first-order chi connectivity index (χ1) is 13.4. The summed E-state index contributed by atoms with van der Waals surface area (Å²) in [5, 5.41) is 9.13. The van der Waals surface area contributed by atoms with Crippen LogP contribution in [0.15, 0.2) is 35.2 Å². The Labute approximate surface area is 175 Å². The van der Waals surface area contributed by atoms with Crippen molar-refractivity contribution >= 4 is 44.9 Å². The molecule has 0 radical (unpaired) electrons. The third-order valence-electron chi connectivity index (χ3n) is 4.80. The normalized spacial score (nSPS) is 15.6. The zero-order valence-electron chi connectivity index (χ0n) is 15.8. The Morgan fingerprint density at radius 3 is 2.25 bits per heavy atom. The van der Waals surface area contributed by atoms with E-state index in [9.17, 15) is 8.42 Å². The Morgan fingerprint density at radius 1 is 1.00 bits per heavy atom. The number of hydrogen-bond donors (Lipinski definition) is 0. The third kappa shape index (κ3) is 4.35. The number of piperazine rings is 1. The first-order valence-electron chi connectivity index (χ1n) is 9.15. The maximum absolute atomic E-state index is 12.9. The van der Waals surface area contributed by atoms with Gasteiger partial charge < -0.3 is 9.80 Å². The molecule has 0 aliphatic carbocycles. The van der Waals surface area contributed by atoms with Gasteiger partial charge in [0.15, 0.2) is 11.6 Å². The van der Waals surface area contributed by atoms with Gasteiger partial charge in [0.25, 0.3) is 0 Å². The summed E-state index contributed by atoms with van der Waals surface area (Å²) in [6, 6.07) is 8.34. The summed E-state index contributed by atoms with van der Waals surface area (Å²) in [6.07, 6.45) is 0. The molecule has 1 aromatic heterocycles. The predicted octanol–water partition coefficient (Wildman–Crippen LogP) is 3.14. The number of benzene rings is 1. The van der Waals surface area contributed by atoms with Crippen molar-refractivity contribution in [2.45, 2.75) is 18.7 Å². The summed E-state index contributed by atoms with van der Waals surface area (Å²) in [5.74, 6) is 1.58. The van der Waals surface area contributed by atoms with E-state index in [2.05, 4.69) is 28.9 Å². The molecule has 0 bridgehead atoms. The second-order valence-corrected chi connectivity index (χ2v) is 9.14. The largest absolute Gasteiger partial charge is 0.356 e. The lowest BCUT2D eigenvalue weighted by molar-refractivity contribution is 0.383. The summed E-state index contributed by atoms with van der Waals surface area (Å²) in [6.45, 7) is 7.61. The van der Waals surface area contributed by atoms with Gasteiger partial charge in [-0.15, -0.1) is 10.2 Å². The molecule has 1 fully saturated rings.